The summed E-state index contributed by atoms with van der Waals surface area (Å²) in [6.45, 7) is 8.02. The molecule has 3 N–H and O–H groups in total. The zero-order valence-corrected chi connectivity index (χ0v) is 19.2. The molecule has 32 heavy (non-hydrogen) atoms. The first-order valence-corrected chi connectivity index (χ1v) is 10.7. The smallest absolute Gasteiger partial charge is 0.175 e. The minimum atomic E-state index is -0.747. The number of rotatable bonds is 2. The highest BCUT2D eigenvalue weighted by Gasteiger charge is 2.20. The van der Waals surface area contributed by atoms with Crippen molar-refractivity contribution in [1.29, 1.82) is 0 Å². The third kappa shape index (κ3) is 6.85. The van der Waals surface area contributed by atoms with E-state index >= 15 is 0 Å². The second-order valence-corrected chi connectivity index (χ2v) is 6.97. The summed E-state index contributed by atoms with van der Waals surface area (Å²) in [7, 11) is 2.11. The first-order valence-electron chi connectivity index (χ1n) is 10.3. The van der Waals surface area contributed by atoms with Gasteiger partial charge in [0.25, 0.3) is 0 Å². The van der Waals surface area contributed by atoms with Gasteiger partial charge in [0.1, 0.15) is 22.5 Å². The van der Waals surface area contributed by atoms with Gasteiger partial charge in [-0.25, -0.2) is 18.8 Å². The minimum Gasteiger partial charge on any atom is -0.403 e. The number of benzene rings is 2. The fourth-order valence-electron chi connectivity index (χ4n) is 2.76. The summed E-state index contributed by atoms with van der Waals surface area (Å²) in [5, 5.41) is 2.96. The fourth-order valence-corrected chi connectivity index (χ4v) is 2.84. The van der Waals surface area contributed by atoms with E-state index in [9.17, 15) is 8.78 Å². The molecule has 0 bridgehead atoms. The number of amidine groups is 2. The maximum Gasteiger partial charge on any atom is 0.175 e. The molecular formula is C23H28ClF2N5O. The number of aliphatic imine (C=N–C) groups is 2. The Labute approximate surface area is 192 Å². The lowest BCUT2D eigenvalue weighted by Crippen LogP contribution is -2.32. The van der Waals surface area contributed by atoms with Gasteiger partial charge in [-0.15, -0.1) is 0 Å². The van der Waals surface area contributed by atoms with Gasteiger partial charge >= 0.3 is 0 Å². The van der Waals surface area contributed by atoms with E-state index in [1.807, 2.05) is 13.8 Å². The molecule has 1 saturated heterocycles. The van der Waals surface area contributed by atoms with Crippen molar-refractivity contribution in [3.63, 3.8) is 0 Å². The lowest BCUT2D eigenvalue weighted by molar-refractivity contribution is 0.0503. The second-order valence-electron chi connectivity index (χ2n) is 6.56. The first kappa shape index (κ1) is 25.5. The molecule has 0 aromatic heterocycles. The van der Waals surface area contributed by atoms with Crippen molar-refractivity contribution in [2.75, 3.05) is 38.7 Å². The summed E-state index contributed by atoms with van der Waals surface area (Å²) in [6.07, 6.45) is 1.12. The van der Waals surface area contributed by atoms with E-state index in [2.05, 4.69) is 27.2 Å². The number of nitrogens with zero attached hydrogens (tertiary/aromatic N) is 3. The highest BCUT2D eigenvalue weighted by atomic mass is 35.5. The van der Waals surface area contributed by atoms with Crippen molar-refractivity contribution in [2.24, 2.45) is 15.7 Å². The number of morpholine rings is 1. The lowest BCUT2D eigenvalue weighted by atomic mass is 10.1. The summed E-state index contributed by atoms with van der Waals surface area (Å²) < 4.78 is 33.3. The summed E-state index contributed by atoms with van der Waals surface area (Å²) >= 11 is 6.00. The van der Waals surface area contributed by atoms with Crippen LogP contribution in [-0.4, -0.2) is 49.9 Å². The lowest BCUT2D eigenvalue weighted by Gasteiger charge is -2.21. The molecule has 172 valence electrons. The Morgan fingerprint density at radius 3 is 2.25 bits per heavy atom. The van der Waals surface area contributed by atoms with Gasteiger partial charge in [0.05, 0.1) is 30.2 Å². The van der Waals surface area contributed by atoms with Crippen LogP contribution in [0.15, 0.2) is 63.7 Å². The Hall–Kier alpha value is -2.81. The third-order valence-corrected chi connectivity index (χ3v) is 4.69. The fraction of sp³-hybridized carbons (Fsp3) is 0.304. The molecule has 6 nitrogen and oxygen atoms in total. The highest BCUT2D eigenvalue weighted by Crippen LogP contribution is 2.29. The van der Waals surface area contributed by atoms with Gasteiger partial charge in [0.2, 0.25) is 0 Å². The zero-order valence-electron chi connectivity index (χ0n) is 18.4. The molecule has 2 aromatic carbocycles. The van der Waals surface area contributed by atoms with Crippen LogP contribution in [0.3, 0.4) is 0 Å². The molecule has 0 amide bonds. The number of anilines is 1. The molecule has 0 radical (unpaired) electrons. The first-order chi connectivity index (χ1) is 15.5. The number of fused-ring (bicyclic) bond motifs is 1. The molecule has 0 saturated carbocycles. The third-order valence-electron chi connectivity index (χ3n) is 4.40. The van der Waals surface area contributed by atoms with Crippen LogP contribution in [0.5, 0.6) is 0 Å². The van der Waals surface area contributed by atoms with Gasteiger partial charge in [-0.1, -0.05) is 43.6 Å². The van der Waals surface area contributed by atoms with E-state index in [4.69, 9.17) is 22.1 Å². The number of ether oxygens (including phenoxy) is 1. The zero-order chi connectivity index (χ0) is 23.5. The predicted molar refractivity (Wildman–Crippen MR) is 128 cm³/mol. The molecule has 0 unspecified atom stereocenters. The summed E-state index contributed by atoms with van der Waals surface area (Å²) in [6, 6.07) is 10.6. The van der Waals surface area contributed by atoms with Crippen molar-refractivity contribution in [2.45, 2.75) is 13.8 Å². The van der Waals surface area contributed by atoms with E-state index < -0.39 is 11.6 Å². The van der Waals surface area contributed by atoms with Crippen LogP contribution in [-0.2, 0) is 4.74 Å². The van der Waals surface area contributed by atoms with Crippen LogP contribution in [0, 0.1) is 11.6 Å². The van der Waals surface area contributed by atoms with Gasteiger partial charge < -0.3 is 20.7 Å². The van der Waals surface area contributed by atoms with Crippen molar-refractivity contribution in [3.05, 3.63) is 70.9 Å². The van der Waals surface area contributed by atoms with Gasteiger partial charge in [-0.05, 0) is 31.3 Å². The highest BCUT2D eigenvalue weighted by molar-refractivity contribution is 6.44. The number of likely N-dealkylation sites (N-methyl/N-ethyl adjacent to an activating group) is 1. The molecule has 0 atom stereocenters. The molecular weight excluding hydrogens is 436 g/mol. The number of hydrogen-bond acceptors (Lipinski definition) is 6. The Bertz CT molecular complexity index is 968. The van der Waals surface area contributed by atoms with E-state index in [0.29, 0.717) is 11.4 Å². The maximum atomic E-state index is 14.1. The Balaban J connectivity index is 0.000000340. The Morgan fingerprint density at radius 1 is 1.06 bits per heavy atom. The van der Waals surface area contributed by atoms with E-state index in [1.165, 1.54) is 6.07 Å². The van der Waals surface area contributed by atoms with Crippen molar-refractivity contribution in [1.82, 2.24) is 4.90 Å². The van der Waals surface area contributed by atoms with Gasteiger partial charge in [0.15, 0.2) is 5.84 Å². The van der Waals surface area contributed by atoms with Gasteiger partial charge in [-0.2, -0.15) is 0 Å². The summed E-state index contributed by atoms with van der Waals surface area (Å²) in [5.74, 6) is -1.47. The average molecular weight is 464 g/mol. The van der Waals surface area contributed by atoms with Crippen LogP contribution in [0.2, 0.25) is 0 Å². The Kier molecular flexibility index (Phi) is 10.3. The van der Waals surface area contributed by atoms with Crippen LogP contribution >= 0.6 is 11.6 Å². The van der Waals surface area contributed by atoms with E-state index in [1.54, 1.807) is 24.3 Å². The van der Waals surface area contributed by atoms with E-state index in [-0.39, 0.29) is 22.3 Å². The molecule has 4 rings (SSSR count). The predicted octanol–water partition coefficient (Wildman–Crippen LogP) is 4.88. The number of hydrogen-bond donors (Lipinski definition) is 2. The molecule has 9 heteroatoms. The molecule has 0 spiro atoms. The number of halogens is 3. The number of para-hydroxylation sites is 2. The number of nitrogens with two attached hydrogens (primary N) is 1. The molecule has 2 aliphatic heterocycles. The molecule has 1 fully saturated rings. The second kappa shape index (κ2) is 12.9. The van der Waals surface area contributed by atoms with Crippen LogP contribution in [0.1, 0.15) is 19.4 Å². The maximum absolute atomic E-state index is 14.1. The van der Waals surface area contributed by atoms with Gasteiger partial charge in [0, 0.05) is 19.3 Å². The normalized spacial score (nSPS) is 16.0. The van der Waals surface area contributed by atoms with E-state index in [0.717, 1.165) is 44.6 Å². The largest absolute Gasteiger partial charge is 0.403 e. The Morgan fingerprint density at radius 2 is 1.69 bits per heavy atom. The van der Waals surface area contributed by atoms with Crippen LogP contribution in [0.25, 0.3) is 0 Å². The standard InChI is InChI=1S/C16H11ClF2N4.C5H11NO.C2H6/c17-9(8-20)15-21-12-6-1-2-7-13(12)22-16(23-15)14-10(18)4-3-5-11(14)19;1-6-2-4-7-5-3-6;1-2/h1-8H,20H2,(H,21,22,23);2-5H2,1H3;1-2H3/b9-8+;;. The minimum absolute atomic E-state index is 0.0377. The molecule has 2 aliphatic rings. The van der Waals surface area contributed by atoms with Gasteiger partial charge in [-0.3, -0.25) is 0 Å². The summed E-state index contributed by atoms with van der Waals surface area (Å²) in [5.41, 5.74) is 6.18. The number of nitrogens with one attached hydrogen (secondary N) is 1. The van der Waals surface area contributed by atoms with Crippen molar-refractivity contribution < 1.29 is 13.5 Å². The topological polar surface area (TPSA) is 75.2 Å². The van der Waals surface area contributed by atoms with Crippen molar-refractivity contribution >= 4 is 34.6 Å². The SMILES string of the molecule is CC.CN1CCOCC1.N/C=C(/Cl)C1=Nc2ccccc2NC(c2c(F)cccc2F)=N1. The molecule has 0 aliphatic carbocycles. The molecule has 2 heterocycles. The van der Waals surface area contributed by atoms with Crippen molar-refractivity contribution in [3.8, 4) is 0 Å². The quantitative estimate of drug-likeness (QED) is 0.665. The van der Waals surface area contributed by atoms with Crippen LogP contribution < -0.4 is 11.1 Å². The molecule has 2 aromatic rings. The average Bonchev–Trinajstić information content (AvgIpc) is 3.00. The summed E-state index contributed by atoms with van der Waals surface area (Å²) in [4.78, 5) is 10.7. The monoisotopic (exact) mass is 463 g/mol. The van der Waals surface area contributed by atoms with Crippen LogP contribution in [0.4, 0.5) is 20.2 Å².